The monoisotopic (exact) mass is 227 g/mol. The first kappa shape index (κ1) is 11.7. The second-order valence-electron chi connectivity index (χ2n) is 5.20. The van der Waals surface area contributed by atoms with E-state index in [-0.39, 0.29) is 17.5 Å². The molecular weight excluding hydrogens is 206 g/mol. The predicted molar refractivity (Wildman–Crippen MR) is 61.1 cm³/mol. The van der Waals surface area contributed by atoms with E-state index in [1.54, 1.807) is 0 Å². The summed E-state index contributed by atoms with van der Waals surface area (Å²) >= 11 is 0. The van der Waals surface area contributed by atoms with Crippen molar-refractivity contribution in [2.24, 2.45) is 11.1 Å². The summed E-state index contributed by atoms with van der Waals surface area (Å²) in [5, 5.41) is 3.00. The minimum absolute atomic E-state index is 0.0349. The highest BCUT2D eigenvalue weighted by molar-refractivity contribution is 5.75. The number of nitrogens with two attached hydrogens (primary N) is 1. The van der Waals surface area contributed by atoms with Crippen molar-refractivity contribution in [1.29, 1.82) is 0 Å². The molecule has 0 spiro atoms. The van der Waals surface area contributed by atoms with Crippen LogP contribution in [-0.4, -0.2) is 49.8 Å². The summed E-state index contributed by atoms with van der Waals surface area (Å²) in [4.78, 5) is 13.8. The van der Waals surface area contributed by atoms with Gasteiger partial charge < -0.3 is 20.7 Å². The highest BCUT2D eigenvalue weighted by Gasteiger charge is 2.35. The third-order valence-electron chi connectivity index (χ3n) is 3.60. The zero-order valence-electron chi connectivity index (χ0n) is 9.87. The molecule has 92 valence electrons. The normalized spacial score (nSPS) is 34.4. The average Bonchev–Trinajstić information content (AvgIpc) is 2.88. The summed E-state index contributed by atoms with van der Waals surface area (Å²) in [6.45, 7) is 5.76. The Morgan fingerprint density at radius 3 is 3.06 bits per heavy atom. The van der Waals surface area contributed by atoms with E-state index in [9.17, 15) is 4.79 Å². The van der Waals surface area contributed by atoms with Gasteiger partial charge in [0.05, 0.1) is 12.6 Å². The van der Waals surface area contributed by atoms with Gasteiger partial charge in [0, 0.05) is 19.7 Å². The van der Waals surface area contributed by atoms with Gasteiger partial charge in [-0.05, 0) is 24.8 Å². The lowest BCUT2D eigenvalue weighted by Gasteiger charge is -2.23. The Labute approximate surface area is 96.3 Å². The number of likely N-dealkylation sites (tertiary alicyclic amines) is 1. The lowest BCUT2D eigenvalue weighted by molar-refractivity contribution is 0.180. The number of hydrogen-bond acceptors (Lipinski definition) is 3. The first-order valence-corrected chi connectivity index (χ1v) is 5.96. The van der Waals surface area contributed by atoms with E-state index in [0.29, 0.717) is 13.2 Å². The van der Waals surface area contributed by atoms with Crippen LogP contribution >= 0.6 is 0 Å². The van der Waals surface area contributed by atoms with Crippen molar-refractivity contribution in [3.05, 3.63) is 0 Å². The molecule has 2 aliphatic heterocycles. The van der Waals surface area contributed by atoms with Crippen molar-refractivity contribution in [3.63, 3.8) is 0 Å². The quantitative estimate of drug-likeness (QED) is 0.706. The molecule has 2 heterocycles. The van der Waals surface area contributed by atoms with Crippen molar-refractivity contribution < 1.29 is 9.53 Å². The van der Waals surface area contributed by atoms with Gasteiger partial charge >= 0.3 is 6.03 Å². The van der Waals surface area contributed by atoms with Gasteiger partial charge in [-0.15, -0.1) is 0 Å². The SMILES string of the molecule is CC1(CN)CCN(C(=O)NC2CCOC2)C1. The van der Waals surface area contributed by atoms with E-state index in [0.717, 1.165) is 32.5 Å². The van der Waals surface area contributed by atoms with E-state index in [4.69, 9.17) is 10.5 Å². The molecule has 5 heteroatoms. The van der Waals surface area contributed by atoms with Gasteiger partial charge in [0.2, 0.25) is 0 Å². The Kier molecular flexibility index (Phi) is 3.35. The lowest BCUT2D eigenvalue weighted by Crippen LogP contribution is -2.45. The minimum atomic E-state index is 0.0349. The van der Waals surface area contributed by atoms with Gasteiger partial charge in [-0.1, -0.05) is 6.92 Å². The van der Waals surface area contributed by atoms with Gasteiger partial charge in [-0.25, -0.2) is 4.79 Å². The smallest absolute Gasteiger partial charge is 0.317 e. The van der Waals surface area contributed by atoms with Crippen LogP contribution in [0.15, 0.2) is 0 Å². The number of urea groups is 1. The molecule has 2 amide bonds. The van der Waals surface area contributed by atoms with Crippen molar-refractivity contribution in [1.82, 2.24) is 10.2 Å². The van der Waals surface area contributed by atoms with Crippen molar-refractivity contribution in [2.75, 3.05) is 32.8 Å². The molecule has 2 fully saturated rings. The maximum absolute atomic E-state index is 11.9. The predicted octanol–water partition coefficient (Wildman–Crippen LogP) is 0.156. The average molecular weight is 227 g/mol. The summed E-state index contributed by atoms with van der Waals surface area (Å²) in [5.74, 6) is 0. The van der Waals surface area contributed by atoms with Crippen LogP contribution in [0.5, 0.6) is 0 Å². The maximum atomic E-state index is 11.9. The van der Waals surface area contributed by atoms with E-state index >= 15 is 0 Å². The molecule has 0 bridgehead atoms. The summed E-state index contributed by atoms with van der Waals surface area (Å²) in [6.07, 6.45) is 1.92. The van der Waals surface area contributed by atoms with Crippen molar-refractivity contribution in [2.45, 2.75) is 25.8 Å². The number of hydrogen-bond donors (Lipinski definition) is 2. The Bertz CT molecular complexity index is 266. The summed E-state index contributed by atoms with van der Waals surface area (Å²) in [7, 11) is 0. The molecule has 0 aromatic heterocycles. The van der Waals surface area contributed by atoms with Gasteiger partial charge in [0.25, 0.3) is 0 Å². The number of amides is 2. The van der Waals surface area contributed by atoms with Crippen LogP contribution in [-0.2, 0) is 4.74 Å². The van der Waals surface area contributed by atoms with Crippen LogP contribution in [0.3, 0.4) is 0 Å². The zero-order valence-corrected chi connectivity index (χ0v) is 9.87. The number of carbonyl (C=O) groups is 1. The number of nitrogens with zero attached hydrogens (tertiary/aromatic N) is 1. The molecule has 0 aromatic carbocycles. The summed E-state index contributed by atoms with van der Waals surface area (Å²) in [5.41, 5.74) is 5.82. The lowest BCUT2D eigenvalue weighted by atomic mass is 9.90. The van der Waals surface area contributed by atoms with Gasteiger partial charge in [0.1, 0.15) is 0 Å². The molecule has 0 saturated carbocycles. The minimum Gasteiger partial charge on any atom is -0.379 e. The standard InChI is InChI=1S/C11H21N3O2/c1-11(7-12)3-4-14(8-11)10(15)13-9-2-5-16-6-9/h9H,2-8,12H2,1H3,(H,13,15). The molecule has 2 aliphatic rings. The van der Waals surface area contributed by atoms with Crippen molar-refractivity contribution in [3.8, 4) is 0 Å². The van der Waals surface area contributed by atoms with Gasteiger partial charge in [0.15, 0.2) is 0 Å². The Balaban J connectivity index is 1.82. The third kappa shape index (κ3) is 2.47. The van der Waals surface area contributed by atoms with Crippen LogP contribution in [0.25, 0.3) is 0 Å². The second kappa shape index (κ2) is 4.59. The molecule has 2 atom stereocenters. The van der Waals surface area contributed by atoms with E-state index in [1.165, 1.54) is 0 Å². The molecule has 0 aliphatic carbocycles. The fraction of sp³-hybridized carbons (Fsp3) is 0.909. The van der Waals surface area contributed by atoms with Crippen LogP contribution in [0.2, 0.25) is 0 Å². The van der Waals surface area contributed by atoms with Crippen LogP contribution in [0.4, 0.5) is 4.79 Å². The molecule has 2 saturated heterocycles. The number of rotatable bonds is 2. The van der Waals surface area contributed by atoms with Crippen LogP contribution in [0, 0.1) is 5.41 Å². The molecule has 2 rings (SSSR count). The Morgan fingerprint density at radius 2 is 2.50 bits per heavy atom. The number of nitrogens with one attached hydrogen (secondary N) is 1. The second-order valence-corrected chi connectivity index (χ2v) is 5.20. The van der Waals surface area contributed by atoms with E-state index in [1.807, 2.05) is 4.90 Å². The van der Waals surface area contributed by atoms with Crippen molar-refractivity contribution >= 4 is 6.03 Å². The molecule has 0 aromatic rings. The maximum Gasteiger partial charge on any atom is 0.317 e. The molecule has 3 N–H and O–H groups in total. The highest BCUT2D eigenvalue weighted by Crippen LogP contribution is 2.28. The van der Waals surface area contributed by atoms with E-state index < -0.39 is 0 Å². The number of ether oxygens (including phenoxy) is 1. The van der Waals surface area contributed by atoms with E-state index in [2.05, 4.69) is 12.2 Å². The highest BCUT2D eigenvalue weighted by atomic mass is 16.5. The molecule has 0 radical (unpaired) electrons. The van der Waals surface area contributed by atoms with Gasteiger partial charge in [-0.2, -0.15) is 0 Å². The summed E-state index contributed by atoms with van der Waals surface area (Å²) in [6, 6.07) is 0.227. The first-order chi connectivity index (χ1) is 7.63. The molecule has 16 heavy (non-hydrogen) atoms. The van der Waals surface area contributed by atoms with Crippen LogP contribution in [0.1, 0.15) is 19.8 Å². The molecule has 5 nitrogen and oxygen atoms in total. The largest absolute Gasteiger partial charge is 0.379 e. The third-order valence-corrected chi connectivity index (χ3v) is 3.60. The number of carbonyl (C=O) groups excluding carboxylic acids is 1. The molecular formula is C11H21N3O2. The Hall–Kier alpha value is -0.810. The Morgan fingerprint density at radius 1 is 1.69 bits per heavy atom. The topological polar surface area (TPSA) is 67.6 Å². The van der Waals surface area contributed by atoms with Crippen LogP contribution < -0.4 is 11.1 Å². The fourth-order valence-corrected chi connectivity index (χ4v) is 2.28. The summed E-state index contributed by atoms with van der Waals surface area (Å²) < 4.78 is 5.23. The first-order valence-electron chi connectivity index (χ1n) is 5.96. The zero-order chi connectivity index (χ0) is 11.6. The molecule has 2 unspecified atom stereocenters. The van der Waals surface area contributed by atoms with Gasteiger partial charge in [-0.3, -0.25) is 0 Å². The fourth-order valence-electron chi connectivity index (χ4n) is 2.28.